The Morgan fingerprint density at radius 2 is 1.95 bits per heavy atom. The summed E-state index contributed by atoms with van der Waals surface area (Å²) in [5, 5.41) is 15.0. The van der Waals surface area contributed by atoms with Crippen LogP contribution in [0, 0.1) is 10.1 Å². The van der Waals surface area contributed by atoms with Crippen molar-refractivity contribution in [2.45, 2.75) is 6.04 Å². The summed E-state index contributed by atoms with van der Waals surface area (Å²) in [6.07, 6.45) is 1.43. The Balaban J connectivity index is 2.33. The molecule has 102 valence electrons. The predicted molar refractivity (Wildman–Crippen MR) is 73.5 cm³/mol. The van der Waals surface area contributed by atoms with Crippen LogP contribution in [0.2, 0.25) is 10.0 Å². The van der Waals surface area contributed by atoms with Crippen molar-refractivity contribution in [3.05, 3.63) is 43.8 Å². The molecule has 6 nitrogen and oxygen atoms in total. The molecule has 0 bridgehead atoms. The fraction of sp³-hybridized carbons (Fsp3) is 0.200. The van der Waals surface area contributed by atoms with Crippen LogP contribution in [0.15, 0.2) is 23.6 Å². The van der Waals surface area contributed by atoms with Crippen LogP contribution in [0.4, 0.5) is 11.4 Å². The fourth-order valence-corrected chi connectivity index (χ4v) is 3.23. The van der Waals surface area contributed by atoms with Crippen molar-refractivity contribution in [1.82, 2.24) is 0 Å². The van der Waals surface area contributed by atoms with E-state index in [1.807, 2.05) is 0 Å². The van der Waals surface area contributed by atoms with Gasteiger partial charge in [-0.15, -0.1) is 0 Å². The van der Waals surface area contributed by atoms with E-state index in [1.165, 1.54) is 12.1 Å². The molecule has 1 N–H and O–H groups in total. The summed E-state index contributed by atoms with van der Waals surface area (Å²) in [5.41, 5.74) is -0.127. The Hall–Kier alpha value is -1.31. The lowest BCUT2D eigenvalue weighted by atomic mass is 10.2. The van der Waals surface area contributed by atoms with Gasteiger partial charge < -0.3 is 5.32 Å². The summed E-state index contributed by atoms with van der Waals surface area (Å²) < 4.78 is 22.5. The van der Waals surface area contributed by atoms with Gasteiger partial charge in [0.05, 0.1) is 26.8 Å². The Morgan fingerprint density at radius 3 is 2.47 bits per heavy atom. The van der Waals surface area contributed by atoms with Crippen molar-refractivity contribution >= 4 is 44.4 Å². The number of nitrogens with one attached hydrogen (secondary N) is 1. The van der Waals surface area contributed by atoms with E-state index in [1.54, 1.807) is 0 Å². The standard InChI is InChI=1S/C10H8Cl2N2O4S/c11-7-3-9(10(14(15)16)4-8(7)12)13-6-1-2-19(17,18)5-6/h1-4,6,13H,5H2. The van der Waals surface area contributed by atoms with Gasteiger partial charge in [0, 0.05) is 11.5 Å². The van der Waals surface area contributed by atoms with E-state index >= 15 is 0 Å². The molecule has 1 aromatic carbocycles. The number of nitrogens with zero attached hydrogens (tertiary/aromatic N) is 1. The SMILES string of the molecule is O=[N+]([O-])c1cc(Cl)c(Cl)cc1NC1C=CS(=O)(=O)C1. The van der Waals surface area contributed by atoms with Gasteiger partial charge >= 0.3 is 0 Å². The molecule has 0 aromatic heterocycles. The number of benzene rings is 1. The number of hydrogen-bond donors (Lipinski definition) is 1. The zero-order valence-electron chi connectivity index (χ0n) is 9.34. The lowest BCUT2D eigenvalue weighted by Crippen LogP contribution is -2.21. The third-order valence-electron chi connectivity index (χ3n) is 2.51. The molecule has 0 radical (unpaired) electrons. The van der Waals surface area contributed by atoms with Crippen LogP contribution >= 0.6 is 23.2 Å². The van der Waals surface area contributed by atoms with E-state index in [-0.39, 0.29) is 27.2 Å². The molecule has 1 heterocycles. The van der Waals surface area contributed by atoms with Crippen LogP contribution in [0.1, 0.15) is 0 Å². The van der Waals surface area contributed by atoms with E-state index in [4.69, 9.17) is 23.2 Å². The number of hydrogen-bond acceptors (Lipinski definition) is 5. The molecule has 0 aliphatic carbocycles. The highest BCUT2D eigenvalue weighted by atomic mass is 35.5. The number of nitro benzene ring substituents is 1. The Morgan fingerprint density at radius 1 is 1.32 bits per heavy atom. The second kappa shape index (κ2) is 4.99. The number of rotatable bonds is 3. The van der Waals surface area contributed by atoms with Crippen LogP contribution in [0.5, 0.6) is 0 Å². The van der Waals surface area contributed by atoms with Crippen molar-refractivity contribution in [2.24, 2.45) is 0 Å². The molecular weight excluding hydrogens is 315 g/mol. The molecule has 0 amide bonds. The lowest BCUT2D eigenvalue weighted by Gasteiger charge is -2.12. The molecule has 2 rings (SSSR count). The maximum atomic E-state index is 11.3. The Labute approximate surface area is 119 Å². The second-order valence-electron chi connectivity index (χ2n) is 3.95. The van der Waals surface area contributed by atoms with Crippen molar-refractivity contribution in [2.75, 3.05) is 11.1 Å². The minimum Gasteiger partial charge on any atom is -0.372 e. The first-order valence-corrected chi connectivity index (χ1v) is 7.56. The summed E-state index contributed by atoms with van der Waals surface area (Å²) in [5.74, 6) is -0.148. The molecule has 1 aliphatic rings. The Bertz CT molecular complexity index is 672. The largest absolute Gasteiger partial charge is 0.372 e. The monoisotopic (exact) mass is 322 g/mol. The number of halogens is 2. The molecule has 1 aromatic rings. The van der Waals surface area contributed by atoms with Gasteiger partial charge in [0.1, 0.15) is 5.69 Å². The smallest absolute Gasteiger partial charge is 0.293 e. The summed E-state index contributed by atoms with van der Waals surface area (Å²) in [4.78, 5) is 10.3. The first-order valence-electron chi connectivity index (χ1n) is 5.09. The summed E-state index contributed by atoms with van der Waals surface area (Å²) in [7, 11) is -3.24. The molecule has 9 heteroatoms. The van der Waals surface area contributed by atoms with E-state index in [0.29, 0.717) is 0 Å². The summed E-state index contributed by atoms with van der Waals surface area (Å²) >= 11 is 11.5. The maximum absolute atomic E-state index is 11.3. The van der Waals surface area contributed by atoms with E-state index in [2.05, 4.69) is 5.32 Å². The minimum atomic E-state index is -3.24. The average Bonchev–Trinajstić information content (AvgIpc) is 2.62. The van der Waals surface area contributed by atoms with Gasteiger partial charge in [-0.1, -0.05) is 29.3 Å². The zero-order valence-corrected chi connectivity index (χ0v) is 11.7. The van der Waals surface area contributed by atoms with E-state index < -0.39 is 20.8 Å². The third kappa shape index (κ3) is 3.17. The number of sulfone groups is 1. The second-order valence-corrected chi connectivity index (χ2v) is 6.70. The van der Waals surface area contributed by atoms with Crippen molar-refractivity contribution < 1.29 is 13.3 Å². The van der Waals surface area contributed by atoms with Crippen LogP contribution in [-0.4, -0.2) is 25.1 Å². The zero-order chi connectivity index (χ0) is 14.2. The van der Waals surface area contributed by atoms with Crippen molar-refractivity contribution in [3.63, 3.8) is 0 Å². The number of nitro groups is 1. The topological polar surface area (TPSA) is 89.3 Å². The highest BCUT2D eigenvalue weighted by Gasteiger charge is 2.25. The average molecular weight is 323 g/mol. The first kappa shape index (κ1) is 14.1. The van der Waals surface area contributed by atoms with Gasteiger partial charge in [0.15, 0.2) is 9.84 Å². The maximum Gasteiger partial charge on any atom is 0.293 e. The normalized spacial score (nSPS) is 20.4. The van der Waals surface area contributed by atoms with Gasteiger partial charge in [-0.25, -0.2) is 8.42 Å². The molecule has 0 saturated carbocycles. The van der Waals surface area contributed by atoms with Gasteiger partial charge in [0.25, 0.3) is 5.69 Å². The third-order valence-corrected chi connectivity index (χ3v) is 4.62. The van der Waals surface area contributed by atoms with Crippen LogP contribution in [0.25, 0.3) is 0 Å². The lowest BCUT2D eigenvalue weighted by molar-refractivity contribution is -0.384. The highest BCUT2D eigenvalue weighted by Crippen LogP contribution is 2.34. The van der Waals surface area contributed by atoms with Gasteiger partial charge in [-0.3, -0.25) is 10.1 Å². The molecule has 0 saturated heterocycles. The highest BCUT2D eigenvalue weighted by molar-refractivity contribution is 7.94. The van der Waals surface area contributed by atoms with Crippen molar-refractivity contribution in [1.29, 1.82) is 0 Å². The molecule has 0 fully saturated rings. The summed E-state index contributed by atoms with van der Waals surface area (Å²) in [6.45, 7) is 0. The van der Waals surface area contributed by atoms with Crippen molar-refractivity contribution in [3.8, 4) is 0 Å². The molecular formula is C10H8Cl2N2O4S. The van der Waals surface area contributed by atoms with Crippen LogP contribution in [0.3, 0.4) is 0 Å². The first-order chi connectivity index (χ1) is 8.78. The van der Waals surface area contributed by atoms with Gasteiger partial charge in [0.2, 0.25) is 0 Å². The van der Waals surface area contributed by atoms with Gasteiger partial charge in [-0.05, 0) is 6.07 Å². The molecule has 1 aliphatic heterocycles. The summed E-state index contributed by atoms with van der Waals surface area (Å²) in [6, 6.07) is 1.90. The van der Waals surface area contributed by atoms with E-state index in [0.717, 1.165) is 11.5 Å². The van der Waals surface area contributed by atoms with E-state index in [9.17, 15) is 18.5 Å². The Kier molecular flexibility index (Phi) is 3.71. The quantitative estimate of drug-likeness (QED) is 0.682. The number of anilines is 1. The minimum absolute atomic E-state index is 0.0634. The molecule has 1 unspecified atom stereocenters. The predicted octanol–water partition coefficient (Wildman–Crippen LogP) is 2.62. The molecule has 1 atom stereocenters. The molecule has 0 spiro atoms. The van der Waals surface area contributed by atoms with Gasteiger partial charge in [-0.2, -0.15) is 0 Å². The fourth-order valence-electron chi connectivity index (χ4n) is 1.67. The molecule has 19 heavy (non-hydrogen) atoms. The van der Waals surface area contributed by atoms with Crippen LogP contribution < -0.4 is 5.32 Å². The van der Waals surface area contributed by atoms with Crippen LogP contribution in [-0.2, 0) is 9.84 Å².